The molecule has 4 nitrogen and oxygen atoms in total. The molecule has 0 bridgehead atoms. The van der Waals surface area contributed by atoms with E-state index in [4.69, 9.17) is 23.2 Å². The molecule has 2 rings (SSSR count). The maximum Gasteiger partial charge on any atom is 0.255 e. The van der Waals surface area contributed by atoms with E-state index in [0.717, 1.165) is 0 Å². The fourth-order valence-electron chi connectivity index (χ4n) is 1.80. The van der Waals surface area contributed by atoms with Gasteiger partial charge in [-0.25, -0.2) is 0 Å². The number of benzene rings is 2. The molecule has 0 saturated carbocycles. The molecule has 2 N–H and O–H groups in total. The molecule has 0 atom stereocenters. The second-order valence-electron chi connectivity index (χ2n) is 5.31. The van der Waals surface area contributed by atoms with Crippen LogP contribution >= 0.6 is 23.2 Å². The van der Waals surface area contributed by atoms with Gasteiger partial charge in [-0.2, -0.15) is 0 Å². The zero-order valence-electron chi connectivity index (χ0n) is 12.7. The van der Waals surface area contributed by atoms with E-state index in [1.807, 2.05) is 13.8 Å². The Balaban J connectivity index is 2.12. The average Bonchev–Trinajstić information content (AvgIpc) is 2.50. The third kappa shape index (κ3) is 4.71. The summed E-state index contributed by atoms with van der Waals surface area (Å²) in [7, 11) is 0. The minimum atomic E-state index is -0.309. The Hall–Kier alpha value is -2.04. The molecule has 2 amide bonds. The van der Waals surface area contributed by atoms with E-state index in [1.165, 1.54) is 6.07 Å². The van der Waals surface area contributed by atoms with Gasteiger partial charge in [-0.05, 0) is 36.4 Å². The van der Waals surface area contributed by atoms with E-state index in [-0.39, 0.29) is 17.7 Å². The first-order valence-corrected chi connectivity index (χ1v) is 7.79. The Bertz CT molecular complexity index is 745. The third-order valence-electron chi connectivity index (χ3n) is 3.09. The molecular weight excluding hydrogens is 335 g/mol. The second kappa shape index (κ2) is 7.49. The maximum atomic E-state index is 12.2. The van der Waals surface area contributed by atoms with Crippen molar-refractivity contribution < 1.29 is 9.59 Å². The number of halogens is 2. The van der Waals surface area contributed by atoms with Crippen LogP contribution < -0.4 is 10.6 Å². The summed E-state index contributed by atoms with van der Waals surface area (Å²) in [5.74, 6) is -0.515. The predicted octanol–water partition coefficient (Wildman–Crippen LogP) is 4.84. The average molecular weight is 351 g/mol. The highest BCUT2D eigenvalue weighted by atomic mass is 35.5. The van der Waals surface area contributed by atoms with Crippen molar-refractivity contribution in [2.24, 2.45) is 5.92 Å². The molecule has 0 aliphatic rings. The highest BCUT2D eigenvalue weighted by molar-refractivity contribution is 6.42. The van der Waals surface area contributed by atoms with Crippen molar-refractivity contribution in [2.75, 3.05) is 10.6 Å². The summed E-state index contributed by atoms with van der Waals surface area (Å²) in [6.07, 6.45) is 0. The van der Waals surface area contributed by atoms with Gasteiger partial charge in [-0.1, -0.05) is 43.1 Å². The zero-order chi connectivity index (χ0) is 17.0. The Morgan fingerprint density at radius 2 is 1.57 bits per heavy atom. The van der Waals surface area contributed by atoms with Crippen LogP contribution in [-0.4, -0.2) is 11.8 Å². The van der Waals surface area contributed by atoms with Crippen LogP contribution in [0.25, 0.3) is 0 Å². The smallest absolute Gasteiger partial charge is 0.255 e. The van der Waals surface area contributed by atoms with E-state index in [9.17, 15) is 9.59 Å². The Kier molecular flexibility index (Phi) is 5.64. The first-order valence-electron chi connectivity index (χ1n) is 7.04. The summed E-state index contributed by atoms with van der Waals surface area (Å²) < 4.78 is 0. The molecular formula is C17H16Cl2N2O2. The molecule has 6 heteroatoms. The van der Waals surface area contributed by atoms with Crippen LogP contribution in [0.3, 0.4) is 0 Å². The molecule has 0 aliphatic carbocycles. The van der Waals surface area contributed by atoms with Crippen molar-refractivity contribution in [2.45, 2.75) is 13.8 Å². The number of amides is 2. The number of hydrogen-bond acceptors (Lipinski definition) is 2. The van der Waals surface area contributed by atoms with Gasteiger partial charge < -0.3 is 10.6 Å². The van der Waals surface area contributed by atoms with Crippen molar-refractivity contribution in [1.82, 2.24) is 0 Å². The summed E-state index contributed by atoms with van der Waals surface area (Å²) in [6, 6.07) is 11.6. The number of anilines is 2. The van der Waals surface area contributed by atoms with Crippen LogP contribution in [0.15, 0.2) is 42.5 Å². The van der Waals surface area contributed by atoms with Crippen molar-refractivity contribution in [3.63, 3.8) is 0 Å². The van der Waals surface area contributed by atoms with Crippen LogP contribution in [0.5, 0.6) is 0 Å². The predicted molar refractivity (Wildman–Crippen MR) is 94.3 cm³/mol. The number of carbonyl (C=O) groups is 2. The summed E-state index contributed by atoms with van der Waals surface area (Å²) in [5, 5.41) is 6.25. The first-order chi connectivity index (χ1) is 10.9. The number of rotatable bonds is 4. The molecule has 0 aromatic heterocycles. The molecule has 120 valence electrons. The van der Waals surface area contributed by atoms with Crippen LogP contribution in [0, 0.1) is 5.92 Å². The van der Waals surface area contributed by atoms with Gasteiger partial charge in [0.05, 0.1) is 10.0 Å². The number of carbonyl (C=O) groups excluding carboxylic acids is 2. The molecule has 0 fully saturated rings. The molecule has 0 unspecified atom stereocenters. The van der Waals surface area contributed by atoms with Gasteiger partial charge in [0.15, 0.2) is 0 Å². The third-order valence-corrected chi connectivity index (χ3v) is 3.83. The van der Waals surface area contributed by atoms with Gasteiger partial charge in [0.2, 0.25) is 5.91 Å². The summed E-state index contributed by atoms with van der Waals surface area (Å²) >= 11 is 11.7. The molecule has 23 heavy (non-hydrogen) atoms. The van der Waals surface area contributed by atoms with Gasteiger partial charge >= 0.3 is 0 Å². The quantitative estimate of drug-likeness (QED) is 0.828. The van der Waals surface area contributed by atoms with Gasteiger partial charge in [0, 0.05) is 22.9 Å². The van der Waals surface area contributed by atoms with Crippen molar-refractivity contribution >= 4 is 46.4 Å². The van der Waals surface area contributed by atoms with Crippen LogP contribution in [0.1, 0.15) is 24.2 Å². The van der Waals surface area contributed by atoms with Gasteiger partial charge in [-0.3, -0.25) is 9.59 Å². The second-order valence-corrected chi connectivity index (χ2v) is 6.12. The fraction of sp³-hybridized carbons (Fsp3) is 0.176. The zero-order valence-corrected chi connectivity index (χ0v) is 14.2. The standard InChI is InChI=1S/C17H16Cl2N2O2/c1-10(2)16(22)20-12-4-3-5-13(9-12)21-17(23)11-6-7-14(18)15(19)8-11/h3-10H,1-2H3,(H,20,22)(H,21,23). The van der Waals surface area contributed by atoms with E-state index in [2.05, 4.69) is 10.6 Å². The first kappa shape index (κ1) is 17.3. The lowest BCUT2D eigenvalue weighted by Gasteiger charge is -2.10. The van der Waals surface area contributed by atoms with E-state index >= 15 is 0 Å². The van der Waals surface area contributed by atoms with Gasteiger partial charge in [0.1, 0.15) is 0 Å². The Morgan fingerprint density at radius 3 is 2.17 bits per heavy atom. The summed E-state index contributed by atoms with van der Waals surface area (Å²) in [5.41, 5.74) is 1.59. The highest BCUT2D eigenvalue weighted by Crippen LogP contribution is 2.23. The van der Waals surface area contributed by atoms with Gasteiger partial charge in [0.25, 0.3) is 5.91 Å². The van der Waals surface area contributed by atoms with Crippen molar-refractivity contribution in [3.05, 3.63) is 58.1 Å². The monoisotopic (exact) mass is 350 g/mol. The SMILES string of the molecule is CC(C)C(=O)Nc1cccc(NC(=O)c2ccc(Cl)c(Cl)c2)c1. The minimum Gasteiger partial charge on any atom is -0.326 e. The summed E-state index contributed by atoms with van der Waals surface area (Å²) in [4.78, 5) is 23.9. The molecule has 0 spiro atoms. The molecule has 0 saturated heterocycles. The molecule has 2 aromatic rings. The lowest BCUT2D eigenvalue weighted by atomic mass is 10.2. The Labute approximate surface area is 144 Å². The number of nitrogens with one attached hydrogen (secondary N) is 2. The van der Waals surface area contributed by atoms with Crippen molar-refractivity contribution in [3.8, 4) is 0 Å². The van der Waals surface area contributed by atoms with E-state index in [0.29, 0.717) is 27.0 Å². The topological polar surface area (TPSA) is 58.2 Å². The van der Waals surface area contributed by atoms with Crippen LogP contribution in [0.2, 0.25) is 10.0 Å². The maximum absolute atomic E-state index is 12.2. The Morgan fingerprint density at radius 1 is 0.913 bits per heavy atom. The fourth-order valence-corrected chi connectivity index (χ4v) is 2.10. The van der Waals surface area contributed by atoms with E-state index < -0.39 is 0 Å². The number of hydrogen-bond donors (Lipinski definition) is 2. The van der Waals surface area contributed by atoms with Gasteiger partial charge in [-0.15, -0.1) is 0 Å². The van der Waals surface area contributed by atoms with Crippen LogP contribution in [0.4, 0.5) is 11.4 Å². The lowest BCUT2D eigenvalue weighted by Crippen LogP contribution is -2.18. The minimum absolute atomic E-state index is 0.0852. The molecule has 0 aliphatic heterocycles. The van der Waals surface area contributed by atoms with Crippen LogP contribution in [-0.2, 0) is 4.79 Å². The molecule has 0 radical (unpaired) electrons. The highest BCUT2D eigenvalue weighted by Gasteiger charge is 2.10. The molecule has 0 heterocycles. The largest absolute Gasteiger partial charge is 0.326 e. The molecule has 2 aromatic carbocycles. The summed E-state index contributed by atoms with van der Waals surface area (Å²) in [6.45, 7) is 3.62. The normalized spacial score (nSPS) is 10.5. The van der Waals surface area contributed by atoms with E-state index in [1.54, 1.807) is 36.4 Å². The lowest BCUT2D eigenvalue weighted by molar-refractivity contribution is -0.118. The van der Waals surface area contributed by atoms with Crippen molar-refractivity contribution in [1.29, 1.82) is 0 Å².